The zero-order valence-corrected chi connectivity index (χ0v) is 9.48. The number of carbonyl (C=O) groups is 2. The zero-order chi connectivity index (χ0) is 13.2. The Kier molecular flexibility index (Phi) is 3.23. The molecule has 4 nitrogen and oxygen atoms in total. The van der Waals surface area contributed by atoms with Gasteiger partial charge in [-0.2, -0.15) is 0 Å². The van der Waals surface area contributed by atoms with Crippen molar-refractivity contribution >= 4 is 11.6 Å². The molecule has 1 aliphatic carbocycles. The second-order valence-corrected chi connectivity index (χ2v) is 4.03. The summed E-state index contributed by atoms with van der Waals surface area (Å²) in [6.07, 6.45) is 5.63. The fourth-order valence-corrected chi connectivity index (χ4v) is 1.77. The lowest BCUT2D eigenvalue weighted by molar-refractivity contribution is -0.190. The molecule has 0 fully saturated rings. The van der Waals surface area contributed by atoms with Gasteiger partial charge < -0.3 is 10.2 Å². The van der Waals surface area contributed by atoms with Crippen LogP contribution >= 0.6 is 0 Å². The average Bonchev–Trinajstić information content (AvgIpc) is 2.39. The molecule has 0 radical (unpaired) electrons. The van der Waals surface area contributed by atoms with E-state index in [1.807, 2.05) is 0 Å². The Morgan fingerprint density at radius 2 is 1.78 bits per heavy atom. The first-order chi connectivity index (χ1) is 8.53. The molecule has 1 aliphatic rings. The van der Waals surface area contributed by atoms with Gasteiger partial charge in [-0.25, -0.2) is 0 Å². The molecule has 0 aliphatic heterocycles. The van der Waals surface area contributed by atoms with Gasteiger partial charge in [0.2, 0.25) is 5.78 Å². The Balaban J connectivity index is 2.31. The zero-order valence-electron chi connectivity index (χ0n) is 9.48. The molecule has 1 aromatic carbocycles. The van der Waals surface area contributed by atoms with E-state index in [1.165, 1.54) is 36.4 Å². The molecule has 0 bridgehead atoms. The van der Waals surface area contributed by atoms with E-state index < -0.39 is 23.3 Å². The van der Waals surface area contributed by atoms with Gasteiger partial charge in [0.1, 0.15) is 5.92 Å². The Morgan fingerprint density at radius 1 is 1.11 bits per heavy atom. The highest BCUT2D eigenvalue weighted by Crippen LogP contribution is 2.24. The number of ketones is 2. The third-order valence-corrected chi connectivity index (χ3v) is 2.78. The molecule has 1 atom stereocenters. The first kappa shape index (κ1) is 12.4. The number of hydrogen-bond donors (Lipinski definition) is 2. The quantitative estimate of drug-likeness (QED) is 0.606. The molecule has 0 heterocycles. The Morgan fingerprint density at radius 3 is 2.39 bits per heavy atom. The molecule has 1 aromatic rings. The summed E-state index contributed by atoms with van der Waals surface area (Å²) in [5.74, 6) is -5.20. The van der Waals surface area contributed by atoms with E-state index in [0.29, 0.717) is 0 Å². The SMILES string of the molecule is O=C1C=CC=CC1C(=O)C(O)(O)c1ccccc1. The van der Waals surface area contributed by atoms with Gasteiger partial charge in [0.15, 0.2) is 5.78 Å². The molecule has 18 heavy (non-hydrogen) atoms. The van der Waals surface area contributed by atoms with Crippen LogP contribution in [0.15, 0.2) is 54.6 Å². The number of rotatable bonds is 3. The first-order valence-electron chi connectivity index (χ1n) is 5.47. The van der Waals surface area contributed by atoms with Gasteiger partial charge in [0.25, 0.3) is 5.79 Å². The van der Waals surface area contributed by atoms with E-state index in [1.54, 1.807) is 18.2 Å². The van der Waals surface area contributed by atoms with Crippen molar-refractivity contribution < 1.29 is 19.8 Å². The largest absolute Gasteiger partial charge is 0.356 e. The summed E-state index contributed by atoms with van der Waals surface area (Å²) in [4.78, 5) is 23.6. The van der Waals surface area contributed by atoms with Crippen molar-refractivity contribution in [2.24, 2.45) is 5.92 Å². The molecule has 0 saturated heterocycles. The molecule has 0 aromatic heterocycles. The van der Waals surface area contributed by atoms with Crippen LogP contribution in [-0.4, -0.2) is 21.8 Å². The van der Waals surface area contributed by atoms with Crippen molar-refractivity contribution in [1.29, 1.82) is 0 Å². The summed E-state index contributed by atoms with van der Waals surface area (Å²) in [6.45, 7) is 0. The second kappa shape index (κ2) is 4.68. The smallest absolute Gasteiger partial charge is 0.252 e. The summed E-state index contributed by atoms with van der Waals surface area (Å²) < 4.78 is 0. The topological polar surface area (TPSA) is 74.6 Å². The normalized spacial score (nSPS) is 19.0. The highest BCUT2D eigenvalue weighted by molar-refractivity contribution is 6.12. The van der Waals surface area contributed by atoms with Gasteiger partial charge in [0, 0.05) is 5.56 Å². The molecular weight excluding hydrogens is 232 g/mol. The summed E-state index contributed by atoms with van der Waals surface area (Å²) in [6, 6.07) is 7.71. The minimum absolute atomic E-state index is 0.0470. The minimum atomic E-state index is -2.66. The summed E-state index contributed by atoms with van der Waals surface area (Å²) in [7, 11) is 0. The van der Waals surface area contributed by atoms with Crippen LogP contribution < -0.4 is 0 Å². The molecule has 1 unspecified atom stereocenters. The van der Waals surface area contributed by atoms with Crippen molar-refractivity contribution in [3.05, 3.63) is 60.2 Å². The predicted molar refractivity (Wildman–Crippen MR) is 64.3 cm³/mol. The van der Waals surface area contributed by atoms with Gasteiger partial charge in [-0.15, -0.1) is 0 Å². The van der Waals surface area contributed by atoms with E-state index in [9.17, 15) is 19.8 Å². The molecule has 0 saturated carbocycles. The number of carbonyl (C=O) groups excluding carboxylic acids is 2. The third-order valence-electron chi connectivity index (χ3n) is 2.78. The summed E-state index contributed by atoms with van der Waals surface area (Å²) in [5.41, 5.74) is 0.0470. The fourth-order valence-electron chi connectivity index (χ4n) is 1.77. The molecule has 92 valence electrons. The van der Waals surface area contributed by atoms with E-state index in [0.717, 1.165) is 0 Å². The van der Waals surface area contributed by atoms with Crippen LogP contribution in [0.1, 0.15) is 5.56 Å². The van der Waals surface area contributed by atoms with Gasteiger partial charge in [-0.05, 0) is 6.08 Å². The standard InChI is InChI=1S/C14H12O4/c15-12-9-5-4-8-11(12)13(16)14(17,18)10-6-2-1-3-7-10/h1-9,11,17-18H. The maximum atomic E-state index is 12.0. The Bertz CT molecular complexity index is 526. The van der Waals surface area contributed by atoms with E-state index in [4.69, 9.17) is 0 Å². The number of Topliss-reactive ketones (excluding diaryl/α,β-unsaturated/α-hetero) is 1. The summed E-state index contributed by atoms with van der Waals surface area (Å²) >= 11 is 0. The van der Waals surface area contributed by atoms with Crippen LogP contribution in [0, 0.1) is 5.92 Å². The number of benzene rings is 1. The van der Waals surface area contributed by atoms with Gasteiger partial charge in [-0.1, -0.05) is 48.6 Å². The highest BCUT2D eigenvalue weighted by atomic mass is 16.5. The van der Waals surface area contributed by atoms with Crippen molar-refractivity contribution in [1.82, 2.24) is 0 Å². The van der Waals surface area contributed by atoms with Crippen molar-refractivity contribution in [2.45, 2.75) is 5.79 Å². The van der Waals surface area contributed by atoms with Gasteiger partial charge >= 0.3 is 0 Å². The predicted octanol–water partition coefficient (Wildman–Crippen LogP) is 0.704. The third kappa shape index (κ3) is 2.16. The van der Waals surface area contributed by atoms with E-state index in [2.05, 4.69) is 0 Å². The minimum Gasteiger partial charge on any atom is -0.356 e. The van der Waals surface area contributed by atoms with Crippen LogP contribution in [0.5, 0.6) is 0 Å². The lowest BCUT2D eigenvalue weighted by Gasteiger charge is -2.24. The van der Waals surface area contributed by atoms with Crippen molar-refractivity contribution in [3.8, 4) is 0 Å². The molecule has 0 spiro atoms. The fraction of sp³-hybridized carbons (Fsp3) is 0.143. The van der Waals surface area contributed by atoms with Gasteiger partial charge in [0.05, 0.1) is 0 Å². The molecule has 2 N–H and O–H groups in total. The maximum Gasteiger partial charge on any atom is 0.252 e. The summed E-state index contributed by atoms with van der Waals surface area (Å²) in [5, 5.41) is 19.8. The molecule has 4 heteroatoms. The van der Waals surface area contributed by atoms with Crippen LogP contribution in [0.2, 0.25) is 0 Å². The highest BCUT2D eigenvalue weighted by Gasteiger charge is 2.41. The van der Waals surface area contributed by atoms with Crippen LogP contribution in [0.25, 0.3) is 0 Å². The van der Waals surface area contributed by atoms with Crippen molar-refractivity contribution in [3.63, 3.8) is 0 Å². The first-order valence-corrected chi connectivity index (χ1v) is 5.47. The molecule has 0 amide bonds. The number of hydrogen-bond acceptors (Lipinski definition) is 4. The van der Waals surface area contributed by atoms with E-state index in [-0.39, 0.29) is 5.56 Å². The van der Waals surface area contributed by atoms with Crippen LogP contribution in [-0.2, 0) is 15.4 Å². The monoisotopic (exact) mass is 244 g/mol. The Labute approximate surface area is 104 Å². The molecule has 2 rings (SSSR count). The lowest BCUT2D eigenvalue weighted by Crippen LogP contribution is -2.42. The number of allylic oxidation sites excluding steroid dienone is 4. The van der Waals surface area contributed by atoms with E-state index >= 15 is 0 Å². The van der Waals surface area contributed by atoms with Crippen molar-refractivity contribution in [2.75, 3.05) is 0 Å². The second-order valence-electron chi connectivity index (χ2n) is 4.03. The average molecular weight is 244 g/mol. The molecular formula is C14H12O4. The number of aliphatic hydroxyl groups is 2. The lowest BCUT2D eigenvalue weighted by atomic mass is 9.87. The maximum absolute atomic E-state index is 12.0. The van der Waals surface area contributed by atoms with Crippen LogP contribution in [0.4, 0.5) is 0 Å². The Hall–Kier alpha value is -2.04. The van der Waals surface area contributed by atoms with Gasteiger partial charge in [-0.3, -0.25) is 9.59 Å². The van der Waals surface area contributed by atoms with Crippen LogP contribution in [0.3, 0.4) is 0 Å².